The van der Waals surface area contributed by atoms with Crippen LogP contribution in [0.25, 0.3) is 10.9 Å². The van der Waals surface area contributed by atoms with E-state index in [0.29, 0.717) is 13.2 Å². The van der Waals surface area contributed by atoms with Gasteiger partial charge in [0.15, 0.2) is 0 Å². The van der Waals surface area contributed by atoms with Gasteiger partial charge >= 0.3 is 6.09 Å². The number of carboxylic acid groups (broad SMARTS) is 1. The second-order valence-corrected chi connectivity index (χ2v) is 7.79. The van der Waals surface area contributed by atoms with E-state index < -0.39 is 6.09 Å². The Labute approximate surface area is 170 Å². The van der Waals surface area contributed by atoms with Gasteiger partial charge in [0.05, 0.1) is 23.9 Å². The average molecular weight is 400 g/mol. The summed E-state index contributed by atoms with van der Waals surface area (Å²) in [7, 11) is 0. The zero-order valence-corrected chi connectivity index (χ0v) is 16.5. The molecule has 2 aliphatic rings. The zero-order valence-electron chi connectivity index (χ0n) is 16.5. The van der Waals surface area contributed by atoms with Gasteiger partial charge in [-0.3, -0.25) is 9.80 Å². The van der Waals surface area contributed by atoms with Crippen LogP contribution in [0.1, 0.15) is 43.8 Å². The maximum Gasteiger partial charge on any atom is 0.407 e. The fraction of sp³-hybridized carbons (Fsp3) is 0.571. The number of ether oxygens (including phenoxy) is 1. The van der Waals surface area contributed by atoms with Crippen LogP contribution in [0, 0.1) is 0 Å². The second kappa shape index (κ2) is 8.92. The molecule has 1 amide bonds. The van der Waals surface area contributed by atoms with E-state index in [1.165, 1.54) is 11.2 Å². The minimum absolute atomic E-state index is 0.199. The van der Waals surface area contributed by atoms with Gasteiger partial charge in [-0.05, 0) is 50.8 Å². The third kappa shape index (κ3) is 4.28. The fourth-order valence-electron chi connectivity index (χ4n) is 4.53. The third-order valence-electron chi connectivity index (χ3n) is 6.06. The Morgan fingerprint density at radius 1 is 1.17 bits per heavy atom. The molecule has 0 aliphatic carbocycles. The van der Waals surface area contributed by atoms with E-state index in [9.17, 15) is 15.0 Å². The lowest BCUT2D eigenvalue weighted by Crippen LogP contribution is -2.37. The lowest BCUT2D eigenvalue weighted by molar-refractivity contribution is 0.106. The lowest BCUT2D eigenvalue weighted by atomic mass is 9.97. The maximum absolute atomic E-state index is 11.6. The van der Waals surface area contributed by atoms with Crippen molar-refractivity contribution in [1.29, 1.82) is 0 Å². The number of aromatic nitrogens is 2. The first kappa shape index (κ1) is 19.8. The molecule has 8 nitrogen and oxygen atoms in total. The predicted octanol–water partition coefficient (Wildman–Crippen LogP) is 2.67. The molecule has 0 saturated carbocycles. The Morgan fingerprint density at radius 2 is 2.07 bits per heavy atom. The summed E-state index contributed by atoms with van der Waals surface area (Å²) in [6, 6.07) is 5.74. The summed E-state index contributed by atoms with van der Waals surface area (Å²) in [4.78, 5) is 24.2. The molecule has 1 aromatic heterocycles. The number of benzene rings is 1. The minimum Gasteiger partial charge on any atom is -0.492 e. The summed E-state index contributed by atoms with van der Waals surface area (Å²) in [5, 5.41) is 19.8. The number of aliphatic hydroxyl groups excluding tert-OH is 1. The summed E-state index contributed by atoms with van der Waals surface area (Å²) in [6.45, 7) is 3.08. The molecule has 3 heterocycles. The van der Waals surface area contributed by atoms with E-state index >= 15 is 0 Å². The van der Waals surface area contributed by atoms with Crippen LogP contribution in [0.4, 0.5) is 4.79 Å². The van der Waals surface area contributed by atoms with Gasteiger partial charge in [-0.2, -0.15) is 0 Å². The summed E-state index contributed by atoms with van der Waals surface area (Å²) < 4.78 is 5.93. The molecule has 1 aromatic carbocycles. The molecule has 2 aromatic rings. The molecule has 0 radical (unpaired) electrons. The number of rotatable bonds is 6. The Kier molecular flexibility index (Phi) is 6.10. The number of amides is 1. The Hall–Kier alpha value is -2.45. The van der Waals surface area contributed by atoms with Crippen molar-refractivity contribution >= 4 is 17.0 Å². The highest BCUT2D eigenvalue weighted by molar-refractivity contribution is 5.83. The first-order valence-corrected chi connectivity index (χ1v) is 10.4. The Bertz CT molecular complexity index is 862. The molecule has 0 spiro atoms. The largest absolute Gasteiger partial charge is 0.492 e. The molecule has 2 N–H and O–H groups in total. The van der Waals surface area contributed by atoms with Crippen molar-refractivity contribution in [3.8, 4) is 5.75 Å². The van der Waals surface area contributed by atoms with Crippen molar-refractivity contribution in [3.05, 3.63) is 30.2 Å². The molecule has 2 atom stereocenters. The molecule has 2 fully saturated rings. The smallest absolute Gasteiger partial charge is 0.407 e. The molecule has 29 heavy (non-hydrogen) atoms. The van der Waals surface area contributed by atoms with Gasteiger partial charge in [-0.1, -0.05) is 0 Å². The van der Waals surface area contributed by atoms with Crippen LogP contribution in [-0.2, 0) is 0 Å². The van der Waals surface area contributed by atoms with Crippen molar-refractivity contribution in [2.24, 2.45) is 0 Å². The number of fused-ring (bicyclic) bond motifs is 1. The van der Waals surface area contributed by atoms with Gasteiger partial charge in [0, 0.05) is 30.6 Å². The minimum atomic E-state index is -0.899. The van der Waals surface area contributed by atoms with Crippen molar-refractivity contribution < 1.29 is 19.7 Å². The number of carbonyl (C=O) groups is 1. The van der Waals surface area contributed by atoms with E-state index in [2.05, 4.69) is 14.9 Å². The van der Waals surface area contributed by atoms with Crippen molar-refractivity contribution in [2.45, 2.75) is 44.2 Å². The van der Waals surface area contributed by atoms with Crippen LogP contribution in [0.15, 0.2) is 24.5 Å². The number of hydrogen-bond donors (Lipinski definition) is 2. The van der Waals surface area contributed by atoms with Gasteiger partial charge in [0.1, 0.15) is 18.7 Å². The van der Waals surface area contributed by atoms with Crippen LogP contribution in [-0.4, -0.2) is 75.0 Å². The highest BCUT2D eigenvalue weighted by Gasteiger charge is 2.30. The number of hydrogen-bond acceptors (Lipinski definition) is 6. The Balaban J connectivity index is 1.48. The highest BCUT2D eigenvalue weighted by atomic mass is 16.5. The van der Waals surface area contributed by atoms with Crippen LogP contribution in [0.5, 0.6) is 5.75 Å². The number of aliphatic hydroxyl groups is 1. The van der Waals surface area contributed by atoms with Crippen molar-refractivity contribution in [3.63, 3.8) is 0 Å². The van der Waals surface area contributed by atoms with E-state index in [1.807, 2.05) is 18.2 Å². The second-order valence-electron chi connectivity index (χ2n) is 7.79. The van der Waals surface area contributed by atoms with E-state index in [4.69, 9.17) is 4.74 Å². The monoisotopic (exact) mass is 400 g/mol. The topological polar surface area (TPSA) is 99.0 Å². The normalized spacial score (nSPS) is 22.9. The molecule has 8 heteroatoms. The number of likely N-dealkylation sites (tertiary alicyclic amines) is 2. The van der Waals surface area contributed by atoms with Gasteiger partial charge in [-0.25, -0.2) is 14.8 Å². The predicted molar refractivity (Wildman–Crippen MR) is 108 cm³/mol. The molecular formula is C21H28N4O4. The van der Waals surface area contributed by atoms with Gasteiger partial charge in [0.25, 0.3) is 0 Å². The number of piperidine rings is 1. The zero-order chi connectivity index (χ0) is 20.2. The lowest BCUT2D eigenvalue weighted by Gasteiger charge is -2.33. The van der Waals surface area contributed by atoms with Crippen LogP contribution in [0.3, 0.4) is 0 Å². The van der Waals surface area contributed by atoms with Crippen molar-refractivity contribution in [2.75, 3.05) is 32.8 Å². The van der Waals surface area contributed by atoms with Crippen LogP contribution < -0.4 is 4.74 Å². The standard InChI is InChI=1S/C21H28N4O4/c26-13-15-4-3-8-24(15)10-11-29-16-6-7-17-18(12-16)22-14-23-20(17)19-5-1-2-9-25(19)21(27)28/h6-7,12,14-15,19,26H,1-5,8-11,13H2,(H,27,28). The summed E-state index contributed by atoms with van der Waals surface area (Å²) in [5.41, 5.74) is 1.53. The molecule has 2 unspecified atom stereocenters. The van der Waals surface area contributed by atoms with E-state index in [1.54, 1.807) is 0 Å². The summed E-state index contributed by atoms with van der Waals surface area (Å²) in [6.07, 6.45) is 5.43. The quantitative estimate of drug-likeness (QED) is 0.769. The van der Waals surface area contributed by atoms with Crippen LogP contribution in [0.2, 0.25) is 0 Å². The van der Waals surface area contributed by atoms with Crippen LogP contribution >= 0.6 is 0 Å². The molecule has 2 aliphatic heterocycles. The van der Waals surface area contributed by atoms with Crippen molar-refractivity contribution in [1.82, 2.24) is 19.8 Å². The molecular weight excluding hydrogens is 372 g/mol. The van der Waals surface area contributed by atoms with E-state index in [-0.39, 0.29) is 18.7 Å². The fourth-order valence-corrected chi connectivity index (χ4v) is 4.53. The van der Waals surface area contributed by atoms with Gasteiger partial charge < -0.3 is 14.9 Å². The first-order chi connectivity index (χ1) is 14.2. The molecule has 156 valence electrons. The molecule has 4 rings (SSSR count). The summed E-state index contributed by atoms with van der Waals surface area (Å²) in [5.74, 6) is 0.737. The maximum atomic E-state index is 11.6. The molecule has 0 bridgehead atoms. The molecule has 2 saturated heterocycles. The van der Waals surface area contributed by atoms with Gasteiger partial charge in [0.2, 0.25) is 0 Å². The SMILES string of the molecule is O=C(O)N1CCCCC1c1ncnc2cc(OCCN3CCCC3CO)ccc12. The van der Waals surface area contributed by atoms with E-state index in [0.717, 1.165) is 67.5 Å². The van der Waals surface area contributed by atoms with Gasteiger partial charge in [-0.15, -0.1) is 0 Å². The third-order valence-corrected chi connectivity index (χ3v) is 6.06. The number of nitrogens with zero attached hydrogens (tertiary/aromatic N) is 4. The summed E-state index contributed by atoms with van der Waals surface area (Å²) >= 11 is 0. The Morgan fingerprint density at radius 3 is 2.90 bits per heavy atom. The first-order valence-electron chi connectivity index (χ1n) is 10.4. The average Bonchev–Trinajstić information content (AvgIpc) is 3.20. The highest BCUT2D eigenvalue weighted by Crippen LogP contribution is 2.34.